The van der Waals surface area contributed by atoms with Crippen LogP contribution in [0.2, 0.25) is 0 Å². The Morgan fingerprint density at radius 2 is 2.20 bits per heavy atom. The Kier molecular flexibility index (Phi) is 3.74. The van der Waals surface area contributed by atoms with Crippen LogP contribution in [-0.2, 0) is 9.53 Å². The van der Waals surface area contributed by atoms with Crippen LogP contribution < -0.4 is 0 Å². The van der Waals surface area contributed by atoms with E-state index in [-0.39, 0.29) is 5.91 Å². The molecule has 0 spiro atoms. The first-order valence-electron chi connectivity index (χ1n) is 7.39. The lowest BCUT2D eigenvalue weighted by Crippen LogP contribution is -2.52. The van der Waals surface area contributed by atoms with Crippen molar-refractivity contribution >= 4 is 5.91 Å². The molecule has 0 bridgehead atoms. The van der Waals surface area contributed by atoms with E-state index in [2.05, 4.69) is 10.1 Å². The van der Waals surface area contributed by atoms with Gasteiger partial charge in [0.1, 0.15) is 5.60 Å². The molecule has 2 aliphatic heterocycles. The summed E-state index contributed by atoms with van der Waals surface area (Å²) in [6.45, 7) is 4.12. The first-order valence-corrected chi connectivity index (χ1v) is 7.39. The lowest BCUT2D eigenvalue weighted by atomic mass is 9.91. The summed E-state index contributed by atoms with van der Waals surface area (Å²) in [6.07, 6.45) is 6.10. The molecule has 1 aromatic rings. The van der Waals surface area contributed by atoms with E-state index in [0.29, 0.717) is 12.5 Å². The maximum atomic E-state index is 12.6. The van der Waals surface area contributed by atoms with E-state index in [4.69, 9.17) is 9.26 Å². The maximum Gasteiger partial charge on any atom is 0.254 e. The molecule has 2 fully saturated rings. The normalized spacial score (nSPS) is 28.6. The van der Waals surface area contributed by atoms with Crippen molar-refractivity contribution in [3.8, 4) is 0 Å². The highest BCUT2D eigenvalue weighted by molar-refractivity contribution is 5.85. The standard InChI is InChI=1S/C14H21N3O3/c1-14(6-2-3-9-19-14)13(18)17-7-4-11(5-8-17)12-15-10-20-16-12/h10-11H,2-9H2,1H3/t14-/m0/s1. The van der Waals surface area contributed by atoms with Crippen LogP contribution in [0.5, 0.6) is 0 Å². The summed E-state index contributed by atoms with van der Waals surface area (Å²) < 4.78 is 10.5. The van der Waals surface area contributed by atoms with Gasteiger partial charge in [-0.25, -0.2) is 0 Å². The van der Waals surface area contributed by atoms with E-state index in [1.807, 2.05) is 11.8 Å². The quantitative estimate of drug-likeness (QED) is 0.824. The summed E-state index contributed by atoms with van der Waals surface area (Å²) in [6, 6.07) is 0. The van der Waals surface area contributed by atoms with E-state index in [0.717, 1.165) is 51.0 Å². The van der Waals surface area contributed by atoms with Gasteiger partial charge in [-0.3, -0.25) is 4.79 Å². The van der Waals surface area contributed by atoms with Crippen molar-refractivity contribution in [3.63, 3.8) is 0 Å². The van der Waals surface area contributed by atoms with Gasteiger partial charge in [0.2, 0.25) is 6.39 Å². The lowest BCUT2D eigenvalue weighted by molar-refractivity contribution is -0.163. The molecule has 1 amide bonds. The molecule has 0 aromatic carbocycles. The molecule has 0 aliphatic carbocycles. The van der Waals surface area contributed by atoms with E-state index in [1.54, 1.807) is 0 Å². The number of amides is 1. The fourth-order valence-corrected chi connectivity index (χ4v) is 3.14. The minimum atomic E-state index is -0.614. The van der Waals surface area contributed by atoms with Crippen molar-refractivity contribution in [2.45, 2.75) is 50.5 Å². The summed E-state index contributed by atoms with van der Waals surface area (Å²) in [5.74, 6) is 1.21. The second-order valence-electron chi connectivity index (χ2n) is 5.89. The summed E-state index contributed by atoms with van der Waals surface area (Å²) in [4.78, 5) is 18.7. The Morgan fingerprint density at radius 3 is 2.80 bits per heavy atom. The summed E-state index contributed by atoms with van der Waals surface area (Å²) in [5, 5.41) is 3.90. The Hall–Kier alpha value is -1.43. The maximum absolute atomic E-state index is 12.6. The summed E-state index contributed by atoms with van der Waals surface area (Å²) in [7, 11) is 0. The van der Waals surface area contributed by atoms with Crippen LogP contribution in [0.1, 0.15) is 50.8 Å². The fourth-order valence-electron chi connectivity index (χ4n) is 3.14. The van der Waals surface area contributed by atoms with Gasteiger partial charge in [0.05, 0.1) is 0 Å². The Balaban J connectivity index is 1.59. The molecule has 20 heavy (non-hydrogen) atoms. The van der Waals surface area contributed by atoms with Crippen molar-refractivity contribution in [1.29, 1.82) is 0 Å². The van der Waals surface area contributed by atoms with Gasteiger partial charge in [0, 0.05) is 25.6 Å². The zero-order valence-corrected chi connectivity index (χ0v) is 11.9. The Labute approximate surface area is 118 Å². The number of piperidine rings is 1. The summed E-state index contributed by atoms with van der Waals surface area (Å²) >= 11 is 0. The molecule has 110 valence electrons. The van der Waals surface area contributed by atoms with Gasteiger partial charge in [-0.1, -0.05) is 5.16 Å². The number of rotatable bonds is 2. The molecule has 0 saturated carbocycles. The van der Waals surface area contributed by atoms with E-state index < -0.39 is 5.60 Å². The van der Waals surface area contributed by atoms with E-state index >= 15 is 0 Å². The third kappa shape index (κ3) is 2.57. The topological polar surface area (TPSA) is 68.5 Å². The third-order valence-corrected chi connectivity index (χ3v) is 4.45. The van der Waals surface area contributed by atoms with Crippen molar-refractivity contribution in [2.75, 3.05) is 19.7 Å². The van der Waals surface area contributed by atoms with Gasteiger partial charge >= 0.3 is 0 Å². The molecule has 1 aromatic heterocycles. The molecule has 2 saturated heterocycles. The third-order valence-electron chi connectivity index (χ3n) is 4.45. The number of ether oxygens (including phenoxy) is 1. The SMILES string of the molecule is C[C@@]1(C(=O)N2CCC(c3ncon3)CC2)CCCCO1. The molecule has 6 nitrogen and oxygen atoms in total. The van der Waals surface area contributed by atoms with Crippen LogP contribution >= 0.6 is 0 Å². The first-order chi connectivity index (χ1) is 9.69. The number of carbonyl (C=O) groups excluding carboxylic acids is 1. The van der Waals surface area contributed by atoms with Gasteiger partial charge in [0.25, 0.3) is 5.91 Å². The number of aromatic nitrogens is 2. The largest absolute Gasteiger partial charge is 0.365 e. The van der Waals surface area contributed by atoms with E-state index in [1.165, 1.54) is 6.39 Å². The van der Waals surface area contributed by atoms with Crippen LogP contribution in [0.25, 0.3) is 0 Å². The summed E-state index contributed by atoms with van der Waals surface area (Å²) in [5.41, 5.74) is -0.614. The molecule has 3 heterocycles. The monoisotopic (exact) mass is 279 g/mol. The van der Waals surface area contributed by atoms with Crippen molar-refractivity contribution < 1.29 is 14.1 Å². The minimum absolute atomic E-state index is 0.142. The number of hydrogen-bond acceptors (Lipinski definition) is 5. The van der Waals surface area contributed by atoms with Gasteiger partial charge in [-0.15, -0.1) is 0 Å². The van der Waals surface area contributed by atoms with Crippen LogP contribution in [0.3, 0.4) is 0 Å². The molecule has 0 unspecified atom stereocenters. The Morgan fingerprint density at radius 1 is 1.40 bits per heavy atom. The minimum Gasteiger partial charge on any atom is -0.365 e. The second kappa shape index (κ2) is 5.52. The van der Waals surface area contributed by atoms with Crippen molar-refractivity contribution in [3.05, 3.63) is 12.2 Å². The predicted molar refractivity (Wildman–Crippen MR) is 71.1 cm³/mol. The van der Waals surface area contributed by atoms with Crippen LogP contribution in [-0.4, -0.2) is 46.2 Å². The van der Waals surface area contributed by atoms with Gasteiger partial charge in [-0.2, -0.15) is 4.98 Å². The smallest absolute Gasteiger partial charge is 0.254 e. The molecule has 2 aliphatic rings. The van der Waals surface area contributed by atoms with Gasteiger partial charge in [0.15, 0.2) is 5.82 Å². The molecule has 0 radical (unpaired) electrons. The molecule has 1 atom stereocenters. The molecule has 0 N–H and O–H groups in total. The van der Waals surface area contributed by atoms with Crippen LogP contribution in [0.15, 0.2) is 10.9 Å². The predicted octanol–water partition coefficient (Wildman–Crippen LogP) is 1.73. The Bertz CT molecular complexity index is 446. The molecule has 3 rings (SSSR count). The average Bonchev–Trinajstić information content (AvgIpc) is 3.02. The number of carbonyl (C=O) groups is 1. The number of likely N-dealkylation sites (tertiary alicyclic amines) is 1. The highest BCUT2D eigenvalue weighted by Gasteiger charge is 2.40. The highest BCUT2D eigenvalue weighted by Crippen LogP contribution is 2.30. The van der Waals surface area contributed by atoms with Crippen LogP contribution in [0, 0.1) is 0 Å². The fraction of sp³-hybridized carbons (Fsp3) is 0.786. The first kappa shape index (κ1) is 13.5. The van der Waals surface area contributed by atoms with Crippen LogP contribution in [0.4, 0.5) is 0 Å². The molecular weight excluding hydrogens is 258 g/mol. The molecular formula is C14H21N3O3. The van der Waals surface area contributed by atoms with Crippen molar-refractivity contribution in [1.82, 2.24) is 15.0 Å². The number of hydrogen-bond donors (Lipinski definition) is 0. The zero-order valence-electron chi connectivity index (χ0n) is 11.9. The van der Waals surface area contributed by atoms with Gasteiger partial charge < -0.3 is 14.2 Å². The molecule has 6 heteroatoms. The average molecular weight is 279 g/mol. The second-order valence-corrected chi connectivity index (χ2v) is 5.89. The van der Waals surface area contributed by atoms with Gasteiger partial charge in [-0.05, 0) is 39.0 Å². The van der Waals surface area contributed by atoms with E-state index in [9.17, 15) is 4.79 Å². The zero-order chi connectivity index (χ0) is 14.0. The lowest BCUT2D eigenvalue weighted by Gasteiger charge is -2.39. The highest BCUT2D eigenvalue weighted by atomic mass is 16.5. The van der Waals surface area contributed by atoms with Crippen molar-refractivity contribution in [2.24, 2.45) is 0 Å². The number of nitrogens with zero attached hydrogens (tertiary/aromatic N) is 3.